The Kier molecular flexibility index (Phi) is 5.53. The van der Waals surface area contributed by atoms with Gasteiger partial charge in [-0.1, -0.05) is 35.5 Å². The fourth-order valence-corrected chi connectivity index (χ4v) is 2.87. The molecule has 0 bridgehead atoms. The van der Waals surface area contributed by atoms with Crippen LogP contribution in [0.3, 0.4) is 0 Å². The lowest BCUT2D eigenvalue weighted by atomic mass is 10.2. The van der Waals surface area contributed by atoms with Gasteiger partial charge in [-0.05, 0) is 37.3 Å². The van der Waals surface area contributed by atoms with Crippen molar-refractivity contribution in [1.82, 2.24) is 10.2 Å². The molecule has 2 aromatic carbocycles. The second-order valence-corrected chi connectivity index (χ2v) is 6.95. The number of hydrogen-bond acceptors (Lipinski definition) is 5. The van der Waals surface area contributed by atoms with Gasteiger partial charge >= 0.3 is 0 Å². The van der Waals surface area contributed by atoms with E-state index in [9.17, 15) is 13.6 Å². The molecule has 26 heavy (non-hydrogen) atoms. The number of thioether (sulfide) groups is 1. The predicted molar refractivity (Wildman–Crippen MR) is 95.1 cm³/mol. The summed E-state index contributed by atoms with van der Waals surface area (Å²) in [7, 11) is 0. The van der Waals surface area contributed by atoms with Crippen molar-refractivity contribution < 1.29 is 18.0 Å². The summed E-state index contributed by atoms with van der Waals surface area (Å²) in [6.45, 7) is 1.60. The van der Waals surface area contributed by atoms with Crippen molar-refractivity contribution >= 4 is 35.0 Å². The van der Waals surface area contributed by atoms with Crippen molar-refractivity contribution in [2.75, 3.05) is 5.32 Å². The van der Waals surface area contributed by atoms with Crippen LogP contribution in [0, 0.1) is 11.6 Å². The van der Waals surface area contributed by atoms with Crippen LogP contribution in [0.4, 0.5) is 14.5 Å². The highest BCUT2D eigenvalue weighted by Gasteiger charge is 2.20. The minimum Gasteiger partial charge on any atom is -0.411 e. The molecule has 0 radical (unpaired) electrons. The van der Waals surface area contributed by atoms with E-state index in [1.165, 1.54) is 24.3 Å². The molecule has 0 fully saturated rings. The molecule has 0 saturated carbocycles. The van der Waals surface area contributed by atoms with Gasteiger partial charge in [0.1, 0.15) is 11.6 Å². The quantitative estimate of drug-likeness (QED) is 0.629. The fraction of sp³-hybridized carbons (Fsp3) is 0.118. The third-order valence-corrected chi connectivity index (χ3v) is 4.52. The third-order valence-electron chi connectivity index (χ3n) is 3.35. The lowest BCUT2D eigenvalue weighted by molar-refractivity contribution is -0.115. The second kappa shape index (κ2) is 7.84. The van der Waals surface area contributed by atoms with Crippen molar-refractivity contribution in [1.29, 1.82) is 0 Å². The van der Waals surface area contributed by atoms with Gasteiger partial charge in [-0.25, -0.2) is 8.78 Å². The zero-order valence-electron chi connectivity index (χ0n) is 13.4. The number of hydrogen-bond donors (Lipinski definition) is 1. The SMILES string of the molecule is C[C@@H](Sc1nnc(-c2ccccc2F)o1)C(=O)Nc1ccc(Cl)cc1F. The minimum absolute atomic E-state index is 0.0157. The Balaban J connectivity index is 1.67. The summed E-state index contributed by atoms with van der Waals surface area (Å²) in [6.07, 6.45) is 0. The van der Waals surface area contributed by atoms with Crippen LogP contribution in [0.5, 0.6) is 0 Å². The predicted octanol–water partition coefficient (Wildman–Crippen LogP) is 4.79. The van der Waals surface area contributed by atoms with Gasteiger partial charge in [0, 0.05) is 5.02 Å². The van der Waals surface area contributed by atoms with Crippen LogP contribution in [-0.2, 0) is 4.79 Å². The van der Waals surface area contributed by atoms with Gasteiger partial charge in [0.25, 0.3) is 11.1 Å². The number of amides is 1. The highest BCUT2D eigenvalue weighted by Crippen LogP contribution is 2.28. The summed E-state index contributed by atoms with van der Waals surface area (Å²) < 4.78 is 32.9. The minimum atomic E-state index is -0.654. The molecule has 1 heterocycles. The maximum Gasteiger partial charge on any atom is 0.277 e. The normalized spacial score (nSPS) is 12.0. The molecule has 0 aliphatic rings. The number of nitrogens with one attached hydrogen (secondary N) is 1. The van der Waals surface area contributed by atoms with Gasteiger partial charge < -0.3 is 9.73 Å². The zero-order valence-corrected chi connectivity index (χ0v) is 14.9. The molecule has 0 aliphatic carbocycles. The maximum absolute atomic E-state index is 13.7. The summed E-state index contributed by atoms with van der Waals surface area (Å²) in [5.74, 6) is -1.57. The van der Waals surface area contributed by atoms with Crippen LogP contribution in [-0.4, -0.2) is 21.4 Å². The Hall–Kier alpha value is -2.45. The number of rotatable bonds is 5. The molecule has 0 spiro atoms. The first-order valence-electron chi connectivity index (χ1n) is 7.45. The molecule has 0 saturated heterocycles. The molecule has 3 aromatic rings. The molecule has 134 valence electrons. The second-order valence-electron chi connectivity index (χ2n) is 5.23. The fourth-order valence-electron chi connectivity index (χ4n) is 2.03. The Labute approximate surface area is 156 Å². The first kappa shape index (κ1) is 18.3. The van der Waals surface area contributed by atoms with E-state index in [2.05, 4.69) is 15.5 Å². The van der Waals surface area contributed by atoms with Crippen LogP contribution < -0.4 is 5.32 Å². The molecular weight excluding hydrogens is 384 g/mol. The van der Waals surface area contributed by atoms with Crippen molar-refractivity contribution in [2.45, 2.75) is 17.4 Å². The molecule has 0 aliphatic heterocycles. The van der Waals surface area contributed by atoms with Crippen molar-refractivity contribution in [3.05, 3.63) is 59.1 Å². The number of carbonyl (C=O) groups excluding carboxylic acids is 1. The summed E-state index contributed by atoms with van der Waals surface area (Å²) in [6, 6.07) is 9.93. The maximum atomic E-state index is 13.7. The van der Waals surface area contributed by atoms with E-state index in [0.717, 1.165) is 17.8 Å². The average Bonchev–Trinajstić information content (AvgIpc) is 3.06. The molecular formula is C17H12ClF2N3O2S. The van der Waals surface area contributed by atoms with E-state index in [1.54, 1.807) is 19.1 Å². The average molecular weight is 396 g/mol. The van der Waals surface area contributed by atoms with E-state index in [0.29, 0.717) is 0 Å². The smallest absolute Gasteiger partial charge is 0.277 e. The highest BCUT2D eigenvalue weighted by atomic mass is 35.5. The van der Waals surface area contributed by atoms with Gasteiger partial charge in [0.2, 0.25) is 5.91 Å². The standard InChI is InChI=1S/C17H12ClF2N3O2S/c1-9(15(24)21-14-7-6-10(18)8-13(14)20)26-17-23-22-16(25-17)11-4-2-3-5-12(11)19/h2-9H,1H3,(H,21,24)/t9-/m1/s1. The van der Waals surface area contributed by atoms with Crippen LogP contribution >= 0.6 is 23.4 Å². The number of aromatic nitrogens is 2. The molecule has 9 heteroatoms. The number of carbonyl (C=O) groups is 1. The van der Waals surface area contributed by atoms with Gasteiger partial charge in [-0.15, -0.1) is 10.2 Å². The lowest BCUT2D eigenvalue weighted by Gasteiger charge is -2.10. The number of anilines is 1. The molecule has 5 nitrogen and oxygen atoms in total. The zero-order chi connectivity index (χ0) is 18.7. The summed E-state index contributed by atoms with van der Waals surface area (Å²) in [5.41, 5.74) is 0.191. The Morgan fingerprint density at radius 2 is 1.96 bits per heavy atom. The van der Waals surface area contributed by atoms with Crippen molar-refractivity contribution in [3.8, 4) is 11.5 Å². The summed E-state index contributed by atoms with van der Waals surface area (Å²) in [4.78, 5) is 12.2. The molecule has 1 amide bonds. The number of halogens is 3. The lowest BCUT2D eigenvalue weighted by Crippen LogP contribution is -2.23. The van der Waals surface area contributed by atoms with E-state index in [4.69, 9.17) is 16.0 Å². The Bertz CT molecular complexity index is 951. The van der Waals surface area contributed by atoms with Gasteiger partial charge in [-0.2, -0.15) is 0 Å². The van der Waals surface area contributed by atoms with Gasteiger partial charge in [0.15, 0.2) is 0 Å². The number of nitrogens with zero attached hydrogens (tertiary/aromatic N) is 2. The van der Waals surface area contributed by atoms with E-state index < -0.39 is 22.8 Å². The van der Waals surface area contributed by atoms with Crippen LogP contribution in [0.2, 0.25) is 5.02 Å². The highest BCUT2D eigenvalue weighted by molar-refractivity contribution is 8.00. The first-order chi connectivity index (χ1) is 12.4. The molecule has 3 rings (SSSR count). The molecule has 1 aromatic heterocycles. The van der Waals surface area contributed by atoms with Crippen LogP contribution in [0.25, 0.3) is 11.5 Å². The first-order valence-corrected chi connectivity index (χ1v) is 8.71. The van der Waals surface area contributed by atoms with Crippen LogP contribution in [0.15, 0.2) is 52.1 Å². The van der Waals surface area contributed by atoms with Crippen molar-refractivity contribution in [3.63, 3.8) is 0 Å². The molecule has 0 unspecified atom stereocenters. The van der Waals surface area contributed by atoms with E-state index in [1.807, 2.05) is 0 Å². The molecule has 1 atom stereocenters. The molecule has 1 N–H and O–H groups in total. The van der Waals surface area contributed by atoms with Gasteiger partial charge in [-0.3, -0.25) is 4.79 Å². The monoisotopic (exact) mass is 395 g/mol. The van der Waals surface area contributed by atoms with Gasteiger partial charge in [0.05, 0.1) is 16.5 Å². The van der Waals surface area contributed by atoms with E-state index >= 15 is 0 Å². The largest absolute Gasteiger partial charge is 0.411 e. The Morgan fingerprint density at radius 1 is 1.19 bits per heavy atom. The van der Waals surface area contributed by atoms with Crippen LogP contribution in [0.1, 0.15) is 6.92 Å². The number of benzene rings is 2. The summed E-state index contributed by atoms with van der Waals surface area (Å²) >= 11 is 6.65. The summed E-state index contributed by atoms with van der Waals surface area (Å²) in [5, 5.41) is 9.72. The van der Waals surface area contributed by atoms with Crippen molar-refractivity contribution in [2.24, 2.45) is 0 Å². The Morgan fingerprint density at radius 3 is 2.69 bits per heavy atom. The topological polar surface area (TPSA) is 68.0 Å². The third kappa shape index (κ3) is 4.20. The van der Waals surface area contributed by atoms with E-state index in [-0.39, 0.29) is 27.4 Å².